The van der Waals surface area contributed by atoms with E-state index < -0.39 is 14.6 Å². The van der Waals surface area contributed by atoms with Gasteiger partial charge in [-0.1, -0.05) is 0 Å². The third kappa shape index (κ3) is 4.23. The number of amides is 1. The summed E-state index contributed by atoms with van der Waals surface area (Å²) in [5.74, 6) is -0.273. The molecule has 20 heavy (non-hydrogen) atoms. The molecule has 0 atom stereocenters. The maximum atomic E-state index is 12.0. The zero-order valence-electron chi connectivity index (χ0n) is 12.4. The first-order chi connectivity index (χ1) is 9.17. The van der Waals surface area contributed by atoms with E-state index in [2.05, 4.69) is 10.6 Å². The first kappa shape index (κ1) is 16.5. The van der Waals surface area contributed by atoms with Crippen molar-refractivity contribution in [2.45, 2.75) is 25.5 Å². The Morgan fingerprint density at radius 1 is 1.20 bits per heavy atom. The molecule has 1 aromatic rings. The molecule has 0 spiro atoms. The largest absolute Gasteiger partial charge is 0.385 e. The minimum absolute atomic E-state index is 0.0830. The van der Waals surface area contributed by atoms with Crippen LogP contribution in [0.1, 0.15) is 31.1 Å². The molecule has 0 fully saturated rings. The van der Waals surface area contributed by atoms with Crippen molar-refractivity contribution in [2.75, 3.05) is 24.7 Å². The van der Waals surface area contributed by atoms with Gasteiger partial charge in [0.25, 0.3) is 5.91 Å². The van der Waals surface area contributed by atoms with Crippen molar-refractivity contribution in [1.29, 1.82) is 0 Å². The predicted molar refractivity (Wildman–Crippen MR) is 81.9 cm³/mol. The molecule has 0 aliphatic carbocycles. The van der Waals surface area contributed by atoms with Gasteiger partial charge in [0, 0.05) is 30.6 Å². The molecule has 0 aromatic heterocycles. The van der Waals surface area contributed by atoms with Crippen molar-refractivity contribution in [3.05, 3.63) is 29.8 Å². The van der Waals surface area contributed by atoms with Gasteiger partial charge in [-0.15, -0.1) is 0 Å². The Bertz CT molecular complexity index is 563. The van der Waals surface area contributed by atoms with Gasteiger partial charge in [-0.05, 0) is 45.0 Å². The fraction of sp³-hybridized carbons (Fsp3) is 0.500. The third-order valence-electron chi connectivity index (χ3n) is 3.21. The topological polar surface area (TPSA) is 75.3 Å². The molecule has 0 heterocycles. The first-order valence-electron chi connectivity index (χ1n) is 6.49. The van der Waals surface area contributed by atoms with E-state index in [0.717, 1.165) is 12.2 Å². The fourth-order valence-corrected chi connectivity index (χ4v) is 1.80. The van der Waals surface area contributed by atoms with Crippen LogP contribution in [0, 0.1) is 0 Å². The second-order valence-corrected chi connectivity index (χ2v) is 7.97. The quantitative estimate of drug-likeness (QED) is 0.837. The molecule has 0 saturated heterocycles. The van der Waals surface area contributed by atoms with E-state index in [9.17, 15) is 13.2 Å². The predicted octanol–water partition coefficient (Wildman–Crippen LogP) is 1.67. The summed E-state index contributed by atoms with van der Waals surface area (Å²) < 4.78 is 22.1. The minimum atomic E-state index is -3.22. The number of anilines is 1. The highest BCUT2D eigenvalue weighted by Crippen LogP contribution is 2.14. The summed E-state index contributed by atoms with van der Waals surface area (Å²) in [5.41, 5.74) is 1.46. The summed E-state index contributed by atoms with van der Waals surface area (Å²) in [5, 5.41) is 5.80. The van der Waals surface area contributed by atoms with Crippen LogP contribution in [0.3, 0.4) is 0 Å². The second-order valence-electron chi connectivity index (χ2n) is 5.32. The normalized spacial score (nSPS) is 12.0. The van der Waals surface area contributed by atoms with Crippen LogP contribution < -0.4 is 10.6 Å². The third-order valence-corrected chi connectivity index (χ3v) is 5.36. The van der Waals surface area contributed by atoms with E-state index in [-0.39, 0.29) is 12.5 Å². The van der Waals surface area contributed by atoms with Crippen molar-refractivity contribution >= 4 is 21.4 Å². The number of benzene rings is 1. The van der Waals surface area contributed by atoms with Gasteiger partial charge in [0.15, 0.2) is 9.84 Å². The molecular weight excluding hydrogens is 276 g/mol. The molecule has 1 rings (SSSR count). The van der Waals surface area contributed by atoms with Crippen molar-refractivity contribution in [3.8, 4) is 0 Å². The highest BCUT2D eigenvalue weighted by molar-refractivity contribution is 7.92. The zero-order valence-corrected chi connectivity index (χ0v) is 13.2. The molecule has 112 valence electrons. The van der Waals surface area contributed by atoms with Crippen LogP contribution in [0.15, 0.2) is 24.3 Å². The summed E-state index contributed by atoms with van der Waals surface area (Å²) in [6, 6.07) is 7.06. The number of hydrogen-bond donors (Lipinski definition) is 2. The minimum Gasteiger partial charge on any atom is -0.385 e. The number of rotatable bonds is 6. The van der Waals surface area contributed by atoms with Crippen LogP contribution in [0.2, 0.25) is 0 Å². The summed E-state index contributed by atoms with van der Waals surface area (Å²) in [6.45, 7) is 6.08. The summed E-state index contributed by atoms with van der Waals surface area (Å²) >= 11 is 0. The molecule has 2 N–H and O–H groups in total. The van der Waals surface area contributed by atoms with Crippen molar-refractivity contribution in [3.63, 3.8) is 0 Å². The molecular formula is C14H22N2O3S. The summed E-state index contributed by atoms with van der Waals surface area (Å²) in [7, 11) is -3.22. The van der Waals surface area contributed by atoms with E-state index in [1.807, 2.05) is 19.1 Å². The molecule has 0 bridgehead atoms. The maximum absolute atomic E-state index is 12.0. The number of carbonyl (C=O) groups is 1. The smallest absolute Gasteiger partial charge is 0.251 e. The van der Waals surface area contributed by atoms with Gasteiger partial charge in [0.05, 0.1) is 4.75 Å². The molecule has 5 nitrogen and oxygen atoms in total. The second kappa shape index (κ2) is 6.26. The monoisotopic (exact) mass is 298 g/mol. The number of sulfone groups is 1. The van der Waals surface area contributed by atoms with E-state index in [4.69, 9.17) is 0 Å². The molecule has 0 unspecified atom stereocenters. The highest BCUT2D eigenvalue weighted by atomic mass is 32.2. The lowest BCUT2D eigenvalue weighted by molar-refractivity contribution is 0.0950. The van der Waals surface area contributed by atoms with Gasteiger partial charge in [0.2, 0.25) is 0 Å². The lowest BCUT2D eigenvalue weighted by Crippen LogP contribution is -2.43. The van der Waals surface area contributed by atoms with Crippen LogP contribution in [0.25, 0.3) is 0 Å². The Labute approximate surface area is 120 Å². The Balaban J connectivity index is 2.68. The van der Waals surface area contributed by atoms with Gasteiger partial charge >= 0.3 is 0 Å². The van der Waals surface area contributed by atoms with Crippen LogP contribution in [0.5, 0.6) is 0 Å². The average Bonchev–Trinajstić information content (AvgIpc) is 2.36. The molecule has 6 heteroatoms. The van der Waals surface area contributed by atoms with Gasteiger partial charge in [-0.3, -0.25) is 4.79 Å². The molecule has 0 aliphatic rings. The van der Waals surface area contributed by atoms with Crippen molar-refractivity contribution < 1.29 is 13.2 Å². The molecule has 0 saturated carbocycles. The van der Waals surface area contributed by atoms with E-state index >= 15 is 0 Å². The average molecular weight is 298 g/mol. The van der Waals surface area contributed by atoms with E-state index in [1.54, 1.807) is 26.0 Å². The fourth-order valence-electron chi connectivity index (χ4n) is 1.47. The van der Waals surface area contributed by atoms with Crippen LogP contribution >= 0.6 is 0 Å². The molecule has 0 aliphatic heterocycles. The van der Waals surface area contributed by atoms with Gasteiger partial charge in [-0.2, -0.15) is 0 Å². The van der Waals surface area contributed by atoms with E-state index in [0.29, 0.717) is 5.56 Å². The molecule has 0 radical (unpaired) electrons. The van der Waals surface area contributed by atoms with Gasteiger partial charge in [0.1, 0.15) is 0 Å². The number of hydrogen-bond acceptors (Lipinski definition) is 4. The standard InChI is InChI=1S/C14H22N2O3S/c1-5-15-12-8-6-11(7-9-12)13(17)16-10-14(2,3)20(4,18)19/h6-9,15H,5,10H2,1-4H3,(H,16,17). The van der Waals surface area contributed by atoms with Crippen molar-refractivity contribution in [2.24, 2.45) is 0 Å². The van der Waals surface area contributed by atoms with Crippen molar-refractivity contribution in [1.82, 2.24) is 5.32 Å². The maximum Gasteiger partial charge on any atom is 0.251 e. The zero-order chi connectivity index (χ0) is 15.4. The molecule has 1 amide bonds. The SMILES string of the molecule is CCNc1ccc(C(=O)NCC(C)(C)S(C)(=O)=O)cc1. The number of nitrogens with one attached hydrogen (secondary N) is 2. The van der Waals surface area contributed by atoms with Gasteiger partial charge < -0.3 is 10.6 Å². The summed E-state index contributed by atoms with van der Waals surface area (Å²) in [4.78, 5) is 12.0. The van der Waals surface area contributed by atoms with E-state index in [1.165, 1.54) is 6.26 Å². The lowest BCUT2D eigenvalue weighted by Gasteiger charge is -2.22. The Kier molecular flexibility index (Phi) is 5.16. The summed E-state index contributed by atoms with van der Waals surface area (Å²) in [6.07, 6.45) is 1.17. The van der Waals surface area contributed by atoms with Crippen LogP contribution in [-0.4, -0.2) is 38.4 Å². The number of carbonyl (C=O) groups excluding carboxylic acids is 1. The van der Waals surface area contributed by atoms with Crippen LogP contribution in [-0.2, 0) is 9.84 Å². The van der Waals surface area contributed by atoms with Crippen LogP contribution in [0.4, 0.5) is 5.69 Å². The first-order valence-corrected chi connectivity index (χ1v) is 8.38. The highest BCUT2D eigenvalue weighted by Gasteiger charge is 2.30. The van der Waals surface area contributed by atoms with Gasteiger partial charge in [-0.25, -0.2) is 8.42 Å². The Morgan fingerprint density at radius 3 is 2.20 bits per heavy atom. The lowest BCUT2D eigenvalue weighted by atomic mass is 10.1. The Morgan fingerprint density at radius 2 is 1.75 bits per heavy atom. The molecule has 1 aromatic carbocycles. The Hall–Kier alpha value is -1.56.